The van der Waals surface area contributed by atoms with Gasteiger partial charge >= 0.3 is 17.9 Å². The van der Waals surface area contributed by atoms with Crippen LogP contribution in [0.2, 0.25) is 0 Å². The van der Waals surface area contributed by atoms with Crippen molar-refractivity contribution in [3.05, 3.63) is 123 Å². The molecule has 3 unspecified atom stereocenters. The molecule has 0 aromatic heterocycles. The van der Waals surface area contributed by atoms with Crippen LogP contribution in [0, 0.1) is 41.5 Å². The summed E-state index contributed by atoms with van der Waals surface area (Å²) >= 11 is 0. The molecule has 12 heteroatoms. The number of carbonyl (C=O) groups is 3. The van der Waals surface area contributed by atoms with Crippen molar-refractivity contribution in [2.45, 2.75) is 80.6 Å². The molecule has 0 amide bonds. The molecule has 0 spiro atoms. The molecular weight excluding hydrogens is 732 g/mol. The van der Waals surface area contributed by atoms with E-state index in [1.165, 1.54) is 5.56 Å². The van der Waals surface area contributed by atoms with E-state index in [-0.39, 0.29) is 52.3 Å². The zero-order chi connectivity index (χ0) is 41.5. The molecule has 0 aliphatic rings. The Morgan fingerprint density at radius 3 is 1.18 bits per heavy atom. The lowest BCUT2D eigenvalue weighted by Gasteiger charge is -2.17. The summed E-state index contributed by atoms with van der Waals surface area (Å²) in [6, 6.07) is 20.9. The molecule has 12 nitrogen and oxygen atoms in total. The monoisotopic (exact) mass is 786 g/mol. The fourth-order valence-corrected chi connectivity index (χ4v) is 5.88. The SMILES string of the molecule is Cc1cc(C)c(OCOC(C)COC(=O)c2ccc(OCOC(C)COC(=O)c3ccc(OCOC(C)COC(=O)c4c(C)cc(C)cc4C)cc3)cc2)c(C)c1. The average Bonchev–Trinajstić information content (AvgIpc) is 3.16. The van der Waals surface area contributed by atoms with Crippen LogP contribution in [0.25, 0.3) is 0 Å². The second kappa shape index (κ2) is 21.8. The summed E-state index contributed by atoms with van der Waals surface area (Å²) < 4.78 is 50.2. The fourth-order valence-electron chi connectivity index (χ4n) is 5.88. The quantitative estimate of drug-likeness (QED) is 0.0457. The molecule has 0 radical (unpaired) electrons. The van der Waals surface area contributed by atoms with Crippen LogP contribution in [0.5, 0.6) is 17.2 Å². The van der Waals surface area contributed by atoms with Gasteiger partial charge in [-0.2, -0.15) is 0 Å². The van der Waals surface area contributed by atoms with Crippen LogP contribution in [-0.2, 0) is 28.4 Å². The molecule has 0 saturated heterocycles. The molecule has 57 heavy (non-hydrogen) atoms. The lowest BCUT2D eigenvalue weighted by atomic mass is 10.00. The number of esters is 3. The molecule has 0 N–H and O–H groups in total. The summed E-state index contributed by atoms with van der Waals surface area (Å²) in [5.74, 6) is 0.370. The first kappa shape index (κ1) is 44.3. The standard InChI is InChI=1S/C45H54O12/c1-28-18-30(3)41(31(4)19-28)45(48)51-24-36(9)53-26-56-40-16-10-37(11-17-40)43(46)49-22-34(7)52-25-55-39-14-12-38(13-15-39)44(47)50-23-35(8)54-27-57-42-32(5)20-29(2)21-33(42)6/h10-21,34-36H,22-27H2,1-9H3. The number of aryl methyl sites for hydroxylation is 6. The van der Waals surface area contributed by atoms with Crippen LogP contribution in [0.4, 0.5) is 0 Å². The van der Waals surface area contributed by atoms with Crippen molar-refractivity contribution < 1.29 is 57.0 Å². The Bertz CT molecular complexity index is 1890. The molecule has 0 aliphatic heterocycles. The highest BCUT2D eigenvalue weighted by molar-refractivity contribution is 5.93. The number of rotatable bonds is 21. The topological polar surface area (TPSA) is 134 Å². The third-order valence-electron chi connectivity index (χ3n) is 8.73. The van der Waals surface area contributed by atoms with Crippen molar-refractivity contribution in [1.82, 2.24) is 0 Å². The van der Waals surface area contributed by atoms with Gasteiger partial charge in [-0.25, -0.2) is 14.4 Å². The van der Waals surface area contributed by atoms with Gasteiger partial charge in [0, 0.05) is 0 Å². The second-order valence-electron chi connectivity index (χ2n) is 14.1. The third kappa shape index (κ3) is 14.2. The average molecular weight is 787 g/mol. The van der Waals surface area contributed by atoms with Crippen LogP contribution in [0.3, 0.4) is 0 Å². The van der Waals surface area contributed by atoms with E-state index in [1.807, 2.05) is 53.7 Å². The fraction of sp³-hybridized carbons (Fsp3) is 0.400. The minimum atomic E-state index is -0.521. The molecule has 0 aliphatic carbocycles. The van der Waals surface area contributed by atoms with Crippen LogP contribution < -0.4 is 14.2 Å². The van der Waals surface area contributed by atoms with Crippen LogP contribution in [-0.4, -0.2) is 76.4 Å². The Morgan fingerprint density at radius 1 is 0.456 bits per heavy atom. The summed E-state index contributed by atoms with van der Waals surface area (Å²) in [6.07, 6.45) is -1.21. The van der Waals surface area contributed by atoms with Gasteiger partial charge < -0.3 is 42.6 Å². The summed E-state index contributed by atoms with van der Waals surface area (Å²) in [7, 11) is 0. The normalized spacial score (nSPS) is 12.6. The zero-order valence-corrected chi connectivity index (χ0v) is 34.3. The number of hydrogen-bond acceptors (Lipinski definition) is 12. The van der Waals surface area contributed by atoms with E-state index in [1.54, 1.807) is 69.3 Å². The van der Waals surface area contributed by atoms with Gasteiger partial charge in [-0.05, 0) is 133 Å². The maximum absolute atomic E-state index is 12.6. The van der Waals surface area contributed by atoms with Crippen LogP contribution in [0.15, 0.2) is 72.8 Å². The molecular formula is C45H54O12. The van der Waals surface area contributed by atoms with Gasteiger partial charge in [-0.15, -0.1) is 0 Å². The maximum atomic E-state index is 12.6. The summed E-state index contributed by atoms with van der Waals surface area (Å²) in [6.45, 7) is 17.1. The van der Waals surface area contributed by atoms with Crippen LogP contribution in [0.1, 0.15) is 85.2 Å². The highest BCUT2D eigenvalue weighted by atomic mass is 16.7. The zero-order valence-electron chi connectivity index (χ0n) is 34.3. The van der Waals surface area contributed by atoms with Gasteiger partial charge in [-0.3, -0.25) is 0 Å². The summed E-state index contributed by atoms with van der Waals surface area (Å²) in [5, 5.41) is 0. The molecule has 0 bridgehead atoms. The number of hydrogen-bond donors (Lipinski definition) is 0. The van der Waals surface area contributed by atoms with Crippen molar-refractivity contribution in [2.24, 2.45) is 0 Å². The number of ether oxygens (including phenoxy) is 9. The molecule has 4 rings (SSSR count). The largest absolute Gasteiger partial charge is 0.468 e. The maximum Gasteiger partial charge on any atom is 0.338 e. The minimum absolute atomic E-state index is 0.00404. The van der Waals surface area contributed by atoms with Gasteiger partial charge in [0.2, 0.25) is 0 Å². The number of carbonyl (C=O) groups excluding carboxylic acids is 3. The Labute approximate surface area is 335 Å². The van der Waals surface area contributed by atoms with Crippen molar-refractivity contribution in [3.63, 3.8) is 0 Å². The van der Waals surface area contributed by atoms with E-state index in [0.717, 1.165) is 33.6 Å². The van der Waals surface area contributed by atoms with Crippen molar-refractivity contribution in [2.75, 3.05) is 40.2 Å². The van der Waals surface area contributed by atoms with Crippen molar-refractivity contribution in [3.8, 4) is 17.2 Å². The predicted molar refractivity (Wildman–Crippen MR) is 213 cm³/mol. The minimum Gasteiger partial charge on any atom is -0.468 e. The van der Waals surface area contributed by atoms with Crippen molar-refractivity contribution in [1.29, 1.82) is 0 Å². The second-order valence-corrected chi connectivity index (χ2v) is 14.1. The molecule has 3 atom stereocenters. The summed E-state index contributed by atoms with van der Waals surface area (Å²) in [4.78, 5) is 37.7. The van der Waals surface area contributed by atoms with Crippen LogP contribution >= 0.6 is 0 Å². The van der Waals surface area contributed by atoms with E-state index < -0.39 is 24.1 Å². The molecule has 4 aromatic rings. The highest BCUT2D eigenvalue weighted by Gasteiger charge is 2.17. The third-order valence-corrected chi connectivity index (χ3v) is 8.73. The van der Waals surface area contributed by atoms with Gasteiger partial charge in [0.25, 0.3) is 0 Å². The Hall–Kier alpha value is -5.43. The Balaban J connectivity index is 1.06. The van der Waals surface area contributed by atoms with Gasteiger partial charge in [0.05, 0.1) is 35.0 Å². The van der Waals surface area contributed by atoms with E-state index in [0.29, 0.717) is 28.2 Å². The van der Waals surface area contributed by atoms with Gasteiger partial charge in [0.1, 0.15) is 37.1 Å². The first-order valence-electron chi connectivity index (χ1n) is 18.8. The van der Waals surface area contributed by atoms with E-state index in [9.17, 15) is 14.4 Å². The molecule has 0 saturated carbocycles. The Morgan fingerprint density at radius 2 is 0.789 bits per heavy atom. The first-order chi connectivity index (χ1) is 27.2. The van der Waals surface area contributed by atoms with Gasteiger partial charge in [-0.1, -0.05) is 35.4 Å². The Kier molecular flexibility index (Phi) is 16.9. The smallest absolute Gasteiger partial charge is 0.338 e. The highest BCUT2D eigenvalue weighted by Crippen LogP contribution is 2.25. The first-order valence-corrected chi connectivity index (χ1v) is 18.8. The molecule has 0 heterocycles. The van der Waals surface area contributed by atoms with Gasteiger partial charge in [0.15, 0.2) is 20.4 Å². The van der Waals surface area contributed by atoms with E-state index in [4.69, 9.17) is 42.6 Å². The molecule has 4 aromatic carbocycles. The van der Waals surface area contributed by atoms with Crippen molar-refractivity contribution >= 4 is 17.9 Å². The van der Waals surface area contributed by atoms with E-state index in [2.05, 4.69) is 12.1 Å². The molecule has 306 valence electrons. The van der Waals surface area contributed by atoms with E-state index >= 15 is 0 Å². The number of benzene rings is 4. The predicted octanol–water partition coefficient (Wildman–Crippen LogP) is 8.33. The lowest BCUT2D eigenvalue weighted by molar-refractivity contribution is -0.0549. The lowest BCUT2D eigenvalue weighted by Crippen LogP contribution is -2.22. The molecule has 0 fully saturated rings. The summed E-state index contributed by atoms with van der Waals surface area (Å²) in [5.41, 5.74) is 7.34.